The van der Waals surface area contributed by atoms with Gasteiger partial charge in [0.1, 0.15) is 0 Å². The van der Waals surface area contributed by atoms with Crippen molar-refractivity contribution in [1.82, 2.24) is 4.90 Å². The first-order valence-electron chi connectivity index (χ1n) is 4.68. The number of piperidine rings is 1. The highest BCUT2D eigenvalue weighted by Gasteiger charge is 2.15. The molecule has 0 radical (unpaired) electrons. The standard InChI is InChI=1S/C10H18BrN/c1-9(2)5-7-12-6-3-4-10(11)8-12/h5,10H,3-4,6-8H2,1-2H3. The number of hydrogen-bond acceptors (Lipinski definition) is 1. The fraction of sp³-hybridized carbons (Fsp3) is 0.800. The molecule has 1 rings (SSSR count). The van der Waals surface area contributed by atoms with Crippen molar-refractivity contribution in [2.45, 2.75) is 31.5 Å². The van der Waals surface area contributed by atoms with E-state index in [0.717, 1.165) is 11.4 Å². The summed E-state index contributed by atoms with van der Waals surface area (Å²) in [5, 5.41) is 0. The van der Waals surface area contributed by atoms with Crippen molar-refractivity contribution in [3.8, 4) is 0 Å². The largest absolute Gasteiger partial charge is 0.299 e. The van der Waals surface area contributed by atoms with Crippen LogP contribution in [0.2, 0.25) is 0 Å². The van der Waals surface area contributed by atoms with Crippen molar-refractivity contribution >= 4 is 15.9 Å². The number of hydrogen-bond donors (Lipinski definition) is 0. The predicted molar refractivity (Wildman–Crippen MR) is 57.8 cm³/mol. The highest BCUT2D eigenvalue weighted by Crippen LogP contribution is 2.16. The third-order valence-corrected chi connectivity index (χ3v) is 2.95. The second kappa shape index (κ2) is 5.03. The van der Waals surface area contributed by atoms with Crippen molar-refractivity contribution in [1.29, 1.82) is 0 Å². The number of rotatable bonds is 2. The molecular weight excluding hydrogens is 214 g/mol. The Balaban J connectivity index is 2.27. The molecule has 1 aliphatic rings. The highest BCUT2D eigenvalue weighted by atomic mass is 79.9. The second-order valence-corrected chi connectivity index (χ2v) is 5.08. The third-order valence-electron chi connectivity index (χ3n) is 2.21. The number of allylic oxidation sites excluding steroid dienone is 1. The van der Waals surface area contributed by atoms with Crippen LogP contribution in [-0.4, -0.2) is 29.4 Å². The van der Waals surface area contributed by atoms with Crippen molar-refractivity contribution in [2.24, 2.45) is 0 Å². The summed E-state index contributed by atoms with van der Waals surface area (Å²) in [6.07, 6.45) is 4.99. The summed E-state index contributed by atoms with van der Waals surface area (Å²) >= 11 is 3.67. The molecule has 1 aliphatic heterocycles. The lowest BCUT2D eigenvalue weighted by molar-refractivity contribution is 0.259. The van der Waals surface area contributed by atoms with Crippen molar-refractivity contribution in [3.05, 3.63) is 11.6 Å². The molecular formula is C10H18BrN. The number of alkyl halides is 1. The molecule has 1 heterocycles. The molecule has 0 aromatic heterocycles. The molecule has 1 atom stereocenters. The Morgan fingerprint density at radius 2 is 2.33 bits per heavy atom. The molecule has 0 aliphatic carbocycles. The average molecular weight is 232 g/mol. The minimum Gasteiger partial charge on any atom is -0.299 e. The minimum atomic E-state index is 0.719. The monoisotopic (exact) mass is 231 g/mol. The van der Waals surface area contributed by atoms with Gasteiger partial charge in [0.15, 0.2) is 0 Å². The summed E-state index contributed by atoms with van der Waals surface area (Å²) in [7, 11) is 0. The smallest absolute Gasteiger partial charge is 0.0273 e. The van der Waals surface area contributed by atoms with Crippen LogP contribution in [0.1, 0.15) is 26.7 Å². The first-order chi connectivity index (χ1) is 5.68. The van der Waals surface area contributed by atoms with Gasteiger partial charge in [-0.3, -0.25) is 4.90 Å². The van der Waals surface area contributed by atoms with Gasteiger partial charge in [-0.2, -0.15) is 0 Å². The van der Waals surface area contributed by atoms with Crippen LogP contribution in [0, 0.1) is 0 Å². The third kappa shape index (κ3) is 3.72. The lowest BCUT2D eigenvalue weighted by Crippen LogP contribution is -2.35. The second-order valence-electron chi connectivity index (χ2n) is 3.78. The number of nitrogens with zero attached hydrogens (tertiary/aromatic N) is 1. The maximum Gasteiger partial charge on any atom is 0.0273 e. The molecule has 0 saturated carbocycles. The summed E-state index contributed by atoms with van der Waals surface area (Å²) in [4.78, 5) is 3.23. The van der Waals surface area contributed by atoms with Crippen LogP contribution in [0.4, 0.5) is 0 Å². The molecule has 0 spiro atoms. The maximum absolute atomic E-state index is 3.67. The first-order valence-corrected chi connectivity index (χ1v) is 5.60. The minimum absolute atomic E-state index is 0.719. The zero-order valence-electron chi connectivity index (χ0n) is 8.02. The van der Waals surface area contributed by atoms with E-state index >= 15 is 0 Å². The van der Waals surface area contributed by atoms with E-state index in [1.807, 2.05) is 0 Å². The maximum atomic E-state index is 3.67. The highest BCUT2D eigenvalue weighted by molar-refractivity contribution is 9.09. The van der Waals surface area contributed by atoms with Gasteiger partial charge in [-0.25, -0.2) is 0 Å². The molecule has 1 nitrogen and oxygen atoms in total. The predicted octanol–water partition coefficient (Wildman–Crippen LogP) is 2.81. The van der Waals surface area contributed by atoms with Gasteiger partial charge >= 0.3 is 0 Å². The van der Waals surface area contributed by atoms with Crippen molar-refractivity contribution in [3.63, 3.8) is 0 Å². The van der Waals surface area contributed by atoms with E-state index < -0.39 is 0 Å². The first kappa shape index (κ1) is 10.3. The Hall–Kier alpha value is 0.180. The fourth-order valence-electron chi connectivity index (χ4n) is 1.48. The van der Waals surface area contributed by atoms with Gasteiger partial charge in [0.05, 0.1) is 0 Å². The summed E-state index contributed by atoms with van der Waals surface area (Å²) in [6, 6.07) is 0. The van der Waals surface area contributed by atoms with E-state index in [-0.39, 0.29) is 0 Å². The van der Waals surface area contributed by atoms with Gasteiger partial charge in [-0.15, -0.1) is 0 Å². The van der Waals surface area contributed by atoms with Gasteiger partial charge in [0, 0.05) is 17.9 Å². The number of halogens is 1. The molecule has 0 aromatic rings. The van der Waals surface area contributed by atoms with Crippen LogP contribution < -0.4 is 0 Å². The fourth-order valence-corrected chi connectivity index (χ4v) is 2.21. The molecule has 0 bridgehead atoms. The van der Waals surface area contributed by atoms with Gasteiger partial charge < -0.3 is 0 Å². The number of likely N-dealkylation sites (tertiary alicyclic amines) is 1. The molecule has 70 valence electrons. The normalized spacial score (nSPS) is 25.4. The quantitative estimate of drug-likeness (QED) is 0.522. The van der Waals surface area contributed by atoms with Crippen LogP contribution in [0.15, 0.2) is 11.6 Å². The van der Waals surface area contributed by atoms with Crippen molar-refractivity contribution < 1.29 is 0 Å². The Kier molecular flexibility index (Phi) is 4.30. The van der Waals surface area contributed by atoms with Gasteiger partial charge in [0.25, 0.3) is 0 Å². The summed E-state index contributed by atoms with van der Waals surface area (Å²) in [5.74, 6) is 0. The Morgan fingerprint density at radius 3 is 2.92 bits per heavy atom. The summed E-state index contributed by atoms with van der Waals surface area (Å²) in [5.41, 5.74) is 1.42. The van der Waals surface area contributed by atoms with Crippen LogP contribution in [-0.2, 0) is 0 Å². The van der Waals surface area contributed by atoms with Crippen LogP contribution in [0.3, 0.4) is 0 Å². The van der Waals surface area contributed by atoms with E-state index in [1.165, 1.54) is 31.5 Å². The van der Waals surface area contributed by atoms with Gasteiger partial charge in [-0.05, 0) is 33.2 Å². The van der Waals surface area contributed by atoms with E-state index in [9.17, 15) is 0 Å². The Bertz CT molecular complexity index is 161. The lowest BCUT2D eigenvalue weighted by atomic mass is 10.1. The average Bonchev–Trinajstić information content (AvgIpc) is 2.01. The van der Waals surface area contributed by atoms with E-state index in [1.54, 1.807) is 0 Å². The topological polar surface area (TPSA) is 3.24 Å². The molecule has 1 fully saturated rings. The zero-order valence-corrected chi connectivity index (χ0v) is 9.60. The van der Waals surface area contributed by atoms with Gasteiger partial charge in [-0.1, -0.05) is 27.6 Å². The summed E-state index contributed by atoms with van der Waals surface area (Å²) < 4.78 is 0. The summed E-state index contributed by atoms with van der Waals surface area (Å²) in [6.45, 7) is 7.94. The van der Waals surface area contributed by atoms with Crippen LogP contribution in [0.5, 0.6) is 0 Å². The molecule has 2 heteroatoms. The molecule has 0 amide bonds. The Labute approximate surface area is 84.0 Å². The van der Waals surface area contributed by atoms with E-state index in [0.29, 0.717) is 0 Å². The van der Waals surface area contributed by atoms with Gasteiger partial charge in [0.2, 0.25) is 0 Å². The van der Waals surface area contributed by atoms with Crippen molar-refractivity contribution in [2.75, 3.05) is 19.6 Å². The van der Waals surface area contributed by atoms with Crippen LogP contribution in [0.25, 0.3) is 0 Å². The van der Waals surface area contributed by atoms with E-state index in [4.69, 9.17) is 0 Å². The SMILES string of the molecule is CC(C)=CCN1CCCC(Br)C1. The Morgan fingerprint density at radius 1 is 1.58 bits per heavy atom. The molecule has 0 aromatic carbocycles. The molecule has 1 unspecified atom stereocenters. The lowest BCUT2D eigenvalue weighted by Gasteiger charge is -2.28. The molecule has 12 heavy (non-hydrogen) atoms. The zero-order chi connectivity index (χ0) is 8.97. The van der Waals surface area contributed by atoms with Crippen LogP contribution >= 0.6 is 15.9 Å². The molecule has 1 saturated heterocycles. The molecule has 0 N–H and O–H groups in total. The van der Waals surface area contributed by atoms with E-state index in [2.05, 4.69) is 40.8 Å².